The molecule has 0 amide bonds. The third-order valence-corrected chi connectivity index (χ3v) is 4.36. The molecule has 0 aliphatic carbocycles. The average molecular weight is 439 g/mol. The summed E-state index contributed by atoms with van der Waals surface area (Å²) in [6.45, 7) is 1.16. The molecule has 2 unspecified atom stereocenters. The molecule has 1 rings (SSSR count). The van der Waals surface area contributed by atoms with Crippen molar-refractivity contribution < 1.29 is 49.4 Å². The summed E-state index contributed by atoms with van der Waals surface area (Å²) in [5.74, 6) is -2.89. The highest BCUT2D eigenvalue weighted by Crippen LogP contribution is 2.45. The molecule has 0 heterocycles. The van der Waals surface area contributed by atoms with Gasteiger partial charge in [0.05, 0.1) is 22.6 Å². The highest BCUT2D eigenvalue weighted by atomic mass is 19.4. The second-order valence-electron chi connectivity index (χ2n) is 6.70. The molecule has 1 aromatic rings. The average Bonchev–Trinajstić information content (AvgIpc) is 2.54. The van der Waals surface area contributed by atoms with Crippen LogP contribution in [0.5, 0.6) is 0 Å². The fourth-order valence-electron chi connectivity index (χ4n) is 2.92. The molecule has 0 fully saturated rings. The molecule has 0 spiro atoms. The summed E-state index contributed by atoms with van der Waals surface area (Å²) in [7, 11) is 0. The lowest BCUT2D eigenvalue weighted by molar-refractivity contribution is -0.164. The maximum atomic E-state index is 13.3. The zero-order chi connectivity index (χ0) is 22.8. The molecule has 2 atom stereocenters. The first-order valence-corrected chi connectivity index (χ1v) is 8.29. The second kappa shape index (κ2) is 8.80. The zero-order valence-corrected chi connectivity index (χ0v) is 15.0. The molecular formula is C17H18F9NO2. The van der Waals surface area contributed by atoms with Gasteiger partial charge in [-0.2, -0.15) is 39.5 Å². The molecule has 0 radical (unpaired) electrons. The van der Waals surface area contributed by atoms with Crippen molar-refractivity contribution in [1.82, 2.24) is 0 Å². The SMILES string of the molecule is CC(CCc1cc(C(F)(F)F)cc(C(F)(F)F)c1C(F)(F)F)CC(CN)C(=O)O. The molecule has 0 aromatic heterocycles. The van der Waals surface area contributed by atoms with Crippen molar-refractivity contribution in [2.24, 2.45) is 17.6 Å². The number of carbonyl (C=O) groups is 1. The Morgan fingerprint density at radius 3 is 1.93 bits per heavy atom. The van der Waals surface area contributed by atoms with Crippen molar-refractivity contribution in [1.29, 1.82) is 0 Å². The topological polar surface area (TPSA) is 63.3 Å². The second-order valence-corrected chi connectivity index (χ2v) is 6.70. The van der Waals surface area contributed by atoms with Crippen LogP contribution in [0.2, 0.25) is 0 Å². The van der Waals surface area contributed by atoms with Gasteiger partial charge in [0.1, 0.15) is 0 Å². The van der Waals surface area contributed by atoms with E-state index in [-0.39, 0.29) is 25.5 Å². The molecule has 12 heteroatoms. The summed E-state index contributed by atoms with van der Waals surface area (Å²) in [5.41, 5.74) is -2.30. The normalized spacial score (nSPS) is 15.3. The Kier molecular flexibility index (Phi) is 7.60. The number of alkyl halides is 9. The van der Waals surface area contributed by atoms with Crippen molar-refractivity contribution in [3.8, 4) is 0 Å². The molecule has 3 nitrogen and oxygen atoms in total. The first-order valence-electron chi connectivity index (χ1n) is 8.29. The van der Waals surface area contributed by atoms with E-state index in [0.717, 1.165) is 0 Å². The third kappa shape index (κ3) is 6.79. The predicted molar refractivity (Wildman–Crippen MR) is 83.7 cm³/mol. The lowest BCUT2D eigenvalue weighted by atomic mass is 9.88. The summed E-state index contributed by atoms with van der Waals surface area (Å²) in [5, 5.41) is 8.93. The fourth-order valence-corrected chi connectivity index (χ4v) is 2.92. The van der Waals surface area contributed by atoms with Crippen LogP contribution in [0.1, 0.15) is 42.0 Å². The summed E-state index contributed by atoms with van der Waals surface area (Å²) in [4.78, 5) is 11.0. The van der Waals surface area contributed by atoms with Crippen LogP contribution in [-0.4, -0.2) is 17.6 Å². The standard InChI is InChI=1S/C17H18F9NO2/c1-8(4-10(7-27)14(28)29)2-3-9-5-11(15(18,19)20)6-12(16(21,22)23)13(9)17(24,25)26/h5-6,8,10H,2-4,7,27H2,1H3,(H,28,29). The van der Waals surface area contributed by atoms with E-state index in [1.807, 2.05) is 0 Å². The lowest BCUT2D eigenvalue weighted by Crippen LogP contribution is -2.25. The number of rotatable bonds is 7. The first kappa shape index (κ1) is 25.1. The molecular weight excluding hydrogens is 421 g/mol. The van der Waals surface area contributed by atoms with Crippen LogP contribution in [0.4, 0.5) is 39.5 Å². The van der Waals surface area contributed by atoms with Crippen molar-refractivity contribution in [2.75, 3.05) is 6.54 Å². The molecule has 29 heavy (non-hydrogen) atoms. The minimum atomic E-state index is -5.65. The van der Waals surface area contributed by atoms with E-state index in [4.69, 9.17) is 10.8 Å². The van der Waals surface area contributed by atoms with Crippen molar-refractivity contribution in [2.45, 2.75) is 44.7 Å². The summed E-state index contributed by atoms with van der Waals surface area (Å²) in [6.07, 6.45) is -17.6. The van der Waals surface area contributed by atoms with Crippen molar-refractivity contribution in [3.63, 3.8) is 0 Å². The molecule has 1 aromatic carbocycles. The Labute approximate surface area is 159 Å². The Hall–Kier alpha value is -1.98. The molecule has 0 aliphatic heterocycles. The Bertz CT molecular complexity index is 723. The van der Waals surface area contributed by atoms with Crippen LogP contribution in [-0.2, 0) is 29.7 Å². The number of carboxylic acid groups (broad SMARTS) is 1. The van der Waals surface area contributed by atoms with E-state index in [9.17, 15) is 44.3 Å². The van der Waals surface area contributed by atoms with Crippen molar-refractivity contribution >= 4 is 5.97 Å². The summed E-state index contributed by atoms with van der Waals surface area (Å²) < 4.78 is 118. The van der Waals surface area contributed by atoms with E-state index >= 15 is 0 Å². The highest BCUT2D eigenvalue weighted by Gasteiger charge is 2.47. The van der Waals surface area contributed by atoms with E-state index in [1.165, 1.54) is 6.92 Å². The van der Waals surface area contributed by atoms with Crippen molar-refractivity contribution in [3.05, 3.63) is 34.4 Å². The number of hydrogen-bond acceptors (Lipinski definition) is 2. The fraction of sp³-hybridized carbons (Fsp3) is 0.588. The number of nitrogens with two attached hydrogens (primary N) is 1. The van der Waals surface area contributed by atoms with Gasteiger partial charge in [-0.3, -0.25) is 4.79 Å². The minimum absolute atomic E-state index is 0.0579. The van der Waals surface area contributed by atoms with Crippen LogP contribution in [0, 0.1) is 11.8 Å². The van der Waals surface area contributed by atoms with Gasteiger partial charge in [-0.15, -0.1) is 0 Å². The lowest BCUT2D eigenvalue weighted by Gasteiger charge is -2.23. The van der Waals surface area contributed by atoms with Gasteiger partial charge >= 0.3 is 24.5 Å². The minimum Gasteiger partial charge on any atom is -0.481 e. The molecule has 166 valence electrons. The van der Waals surface area contributed by atoms with Gasteiger partial charge in [-0.05, 0) is 42.9 Å². The van der Waals surface area contributed by atoms with Crippen LogP contribution in [0.3, 0.4) is 0 Å². The molecule has 0 bridgehead atoms. The number of benzene rings is 1. The number of halogens is 9. The van der Waals surface area contributed by atoms with Crippen LogP contribution >= 0.6 is 0 Å². The Morgan fingerprint density at radius 2 is 1.55 bits per heavy atom. The molecule has 0 saturated heterocycles. The van der Waals surface area contributed by atoms with Gasteiger partial charge in [0.25, 0.3) is 0 Å². The zero-order valence-electron chi connectivity index (χ0n) is 15.0. The van der Waals surface area contributed by atoms with Gasteiger partial charge in [0.2, 0.25) is 0 Å². The molecule has 3 N–H and O–H groups in total. The monoisotopic (exact) mass is 439 g/mol. The highest BCUT2D eigenvalue weighted by molar-refractivity contribution is 5.70. The summed E-state index contributed by atoms with van der Waals surface area (Å²) in [6, 6.07) is -0.493. The van der Waals surface area contributed by atoms with Gasteiger partial charge in [0.15, 0.2) is 0 Å². The van der Waals surface area contributed by atoms with Crippen LogP contribution in [0.25, 0.3) is 0 Å². The maximum absolute atomic E-state index is 13.3. The van der Waals surface area contributed by atoms with E-state index in [0.29, 0.717) is 0 Å². The number of aliphatic carboxylic acids is 1. The number of hydrogen-bond donors (Lipinski definition) is 2. The van der Waals surface area contributed by atoms with E-state index < -0.39 is 71.1 Å². The molecule has 0 aliphatic rings. The van der Waals surface area contributed by atoms with Gasteiger partial charge in [-0.1, -0.05) is 6.92 Å². The first-order chi connectivity index (χ1) is 13.0. The van der Waals surface area contributed by atoms with E-state index in [2.05, 4.69) is 0 Å². The van der Waals surface area contributed by atoms with E-state index in [1.54, 1.807) is 0 Å². The van der Waals surface area contributed by atoms with Crippen LogP contribution < -0.4 is 5.73 Å². The predicted octanol–water partition coefficient (Wildman–Crippen LogP) is 5.36. The van der Waals surface area contributed by atoms with Crippen LogP contribution in [0.15, 0.2) is 12.1 Å². The number of aryl methyl sites for hydroxylation is 1. The maximum Gasteiger partial charge on any atom is 0.417 e. The Balaban J connectivity index is 3.38. The largest absolute Gasteiger partial charge is 0.481 e. The van der Waals surface area contributed by atoms with Gasteiger partial charge in [0, 0.05) is 6.54 Å². The Morgan fingerprint density at radius 1 is 1.00 bits per heavy atom. The summed E-state index contributed by atoms with van der Waals surface area (Å²) >= 11 is 0. The number of carboxylic acids is 1. The smallest absolute Gasteiger partial charge is 0.417 e. The molecule has 0 saturated carbocycles. The van der Waals surface area contributed by atoms with Gasteiger partial charge in [-0.25, -0.2) is 0 Å². The van der Waals surface area contributed by atoms with Gasteiger partial charge < -0.3 is 10.8 Å². The quantitative estimate of drug-likeness (QED) is 0.563. The third-order valence-electron chi connectivity index (χ3n) is 4.36.